The summed E-state index contributed by atoms with van der Waals surface area (Å²) in [6.45, 7) is 6.34. The molecule has 0 radical (unpaired) electrons. The molecule has 0 unspecified atom stereocenters. The lowest BCUT2D eigenvalue weighted by molar-refractivity contribution is 0.799. The Morgan fingerprint density at radius 1 is 0.632 bits per heavy atom. The third kappa shape index (κ3) is 2.96. The van der Waals surface area contributed by atoms with Gasteiger partial charge in [0.1, 0.15) is 11.6 Å². The molecule has 0 aliphatic carbocycles. The average molecular weight is 492 g/mol. The second-order valence-electron chi connectivity index (χ2n) is 10.6. The van der Waals surface area contributed by atoms with E-state index in [0.29, 0.717) is 5.92 Å². The van der Waals surface area contributed by atoms with Gasteiger partial charge in [0.25, 0.3) is 0 Å². The van der Waals surface area contributed by atoms with E-state index in [1.807, 2.05) is 19.3 Å². The number of aromatic amines is 2. The molecule has 0 bridgehead atoms. The molecule has 5 aromatic carbocycles. The van der Waals surface area contributed by atoms with Gasteiger partial charge >= 0.3 is 0 Å². The van der Waals surface area contributed by atoms with Crippen molar-refractivity contribution in [3.05, 3.63) is 90.8 Å². The van der Waals surface area contributed by atoms with E-state index >= 15 is 0 Å². The first kappa shape index (κ1) is 21.3. The van der Waals surface area contributed by atoms with E-state index < -0.39 is 0 Å². The number of fused-ring (bicyclic) bond motifs is 11. The van der Waals surface area contributed by atoms with Gasteiger partial charge in [-0.25, -0.2) is 9.97 Å². The van der Waals surface area contributed by atoms with Crippen LogP contribution in [0.15, 0.2) is 79.1 Å². The van der Waals surface area contributed by atoms with E-state index in [0.717, 1.165) is 39.1 Å². The molecule has 0 saturated carbocycles. The van der Waals surface area contributed by atoms with Gasteiger partial charge in [-0.3, -0.25) is 4.98 Å². The number of aryl methyl sites for hydroxylation is 1. The third-order valence-corrected chi connectivity index (χ3v) is 7.84. The van der Waals surface area contributed by atoms with Crippen molar-refractivity contribution in [1.82, 2.24) is 24.9 Å². The summed E-state index contributed by atoms with van der Waals surface area (Å²) in [5.41, 5.74) is 6.59. The Hall–Kier alpha value is -4.77. The molecule has 0 aliphatic rings. The number of aromatic nitrogens is 5. The van der Waals surface area contributed by atoms with Gasteiger partial charge in [0, 0.05) is 34.5 Å². The van der Waals surface area contributed by atoms with Gasteiger partial charge < -0.3 is 9.97 Å². The van der Waals surface area contributed by atoms with Crippen LogP contribution in [0, 0.1) is 6.92 Å². The molecule has 38 heavy (non-hydrogen) atoms. The molecule has 0 aliphatic heterocycles. The van der Waals surface area contributed by atoms with E-state index in [4.69, 9.17) is 9.97 Å². The third-order valence-electron chi connectivity index (χ3n) is 7.84. The van der Waals surface area contributed by atoms with Crippen LogP contribution in [-0.2, 0) is 0 Å². The van der Waals surface area contributed by atoms with Gasteiger partial charge in [0.05, 0.1) is 22.1 Å². The molecule has 0 amide bonds. The van der Waals surface area contributed by atoms with Crippen LogP contribution in [0.25, 0.3) is 76.3 Å². The quantitative estimate of drug-likeness (QED) is 0.238. The minimum absolute atomic E-state index is 0.365. The normalized spacial score (nSPS) is 12.3. The predicted molar refractivity (Wildman–Crippen MR) is 158 cm³/mol. The lowest BCUT2D eigenvalue weighted by atomic mass is 9.94. The zero-order chi connectivity index (χ0) is 25.5. The lowest BCUT2D eigenvalue weighted by Crippen LogP contribution is -1.88. The highest BCUT2D eigenvalue weighted by atomic mass is 14.9. The van der Waals surface area contributed by atoms with Crippen LogP contribution in [0.2, 0.25) is 0 Å². The van der Waals surface area contributed by atoms with Crippen LogP contribution in [0.4, 0.5) is 0 Å². The zero-order valence-electron chi connectivity index (χ0n) is 21.4. The molecule has 8 aromatic rings. The van der Waals surface area contributed by atoms with E-state index in [1.165, 1.54) is 48.8 Å². The number of rotatable bonds is 2. The first-order chi connectivity index (χ1) is 18.5. The maximum Gasteiger partial charge on any atom is 0.109 e. The van der Waals surface area contributed by atoms with Crippen LogP contribution in [0.5, 0.6) is 0 Å². The van der Waals surface area contributed by atoms with E-state index in [-0.39, 0.29) is 0 Å². The number of hydrogen-bond acceptors (Lipinski definition) is 3. The summed E-state index contributed by atoms with van der Waals surface area (Å²) in [6, 6.07) is 24.4. The summed E-state index contributed by atoms with van der Waals surface area (Å²) in [7, 11) is 0. The van der Waals surface area contributed by atoms with Crippen molar-refractivity contribution >= 4 is 65.2 Å². The molecule has 2 N–H and O–H groups in total. The molecule has 3 aromatic heterocycles. The highest BCUT2D eigenvalue weighted by molar-refractivity contribution is 6.23. The van der Waals surface area contributed by atoms with Gasteiger partial charge in [0.2, 0.25) is 0 Å². The molecular formula is C33H25N5. The Bertz CT molecular complexity index is 2230. The van der Waals surface area contributed by atoms with Crippen molar-refractivity contribution in [2.24, 2.45) is 0 Å². The van der Waals surface area contributed by atoms with Crippen molar-refractivity contribution in [3.63, 3.8) is 0 Å². The van der Waals surface area contributed by atoms with Crippen LogP contribution >= 0.6 is 0 Å². The van der Waals surface area contributed by atoms with Crippen molar-refractivity contribution in [1.29, 1.82) is 0 Å². The fraction of sp³-hybridized carbons (Fsp3) is 0.121. The molecule has 5 heteroatoms. The van der Waals surface area contributed by atoms with Gasteiger partial charge in [-0.05, 0) is 69.2 Å². The fourth-order valence-electron chi connectivity index (χ4n) is 5.96. The summed E-state index contributed by atoms with van der Waals surface area (Å²) in [5.74, 6) is 2.31. The minimum Gasteiger partial charge on any atom is -0.342 e. The number of nitrogens with one attached hydrogen (secondary N) is 2. The maximum atomic E-state index is 4.92. The number of benzene rings is 5. The number of H-pyrrole nitrogens is 2. The van der Waals surface area contributed by atoms with Crippen LogP contribution in [0.1, 0.15) is 31.4 Å². The van der Waals surface area contributed by atoms with E-state index in [1.54, 1.807) is 0 Å². The summed E-state index contributed by atoms with van der Waals surface area (Å²) in [5, 5.41) is 9.53. The molecule has 0 spiro atoms. The molecule has 5 nitrogen and oxygen atoms in total. The largest absolute Gasteiger partial charge is 0.342 e. The van der Waals surface area contributed by atoms with Crippen LogP contribution < -0.4 is 0 Å². The van der Waals surface area contributed by atoms with E-state index in [9.17, 15) is 0 Å². The highest BCUT2D eigenvalue weighted by Crippen LogP contribution is 2.37. The molecule has 182 valence electrons. The Morgan fingerprint density at radius 3 is 2.26 bits per heavy atom. The molecule has 3 heterocycles. The van der Waals surface area contributed by atoms with Gasteiger partial charge in [0.15, 0.2) is 0 Å². The molecule has 0 atom stereocenters. The van der Waals surface area contributed by atoms with Crippen molar-refractivity contribution in [2.45, 2.75) is 26.7 Å². The molecular weight excluding hydrogens is 466 g/mol. The number of pyridine rings is 1. The standard InChI is InChI=1S/C33H25N5/c1-17(2)33-37-29-11-10-23-22-7-4-19(14-21(22)6-9-25(23)30(29)38-33)20-5-8-26-27(15-20)24-12-13-34-16-28(24)32-31(26)35-18(3)36-32/h4-17H,1-3H3,(H,35,36)(H,37,38). The van der Waals surface area contributed by atoms with Crippen molar-refractivity contribution < 1.29 is 0 Å². The molecule has 8 rings (SSSR count). The highest BCUT2D eigenvalue weighted by Gasteiger charge is 2.14. The van der Waals surface area contributed by atoms with Crippen LogP contribution in [0.3, 0.4) is 0 Å². The van der Waals surface area contributed by atoms with Gasteiger partial charge in [-0.15, -0.1) is 0 Å². The first-order valence-electron chi connectivity index (χ1n) is 13.1. The second kappa shape index (κ2) is 7.62. The smallest absolute Gasteiger partial charge is 0.109 e. The van der Waals surface area contributed by atoms with Crippen molar-refractivity contribution in [2.75, 3.05) is 0 Å². The number of imidazole rings is 2. The van der Waals surface area contributed by atoms with Gasteiger partial charge in [-0.2, -0.15) is 0 Å². The monoisotopic (exact) mass is 491 g/mol. The molecule has 0 fully saturated rings. The summed E-state index contributed by atoms with van der Waals surface area (Å²) >= 11 is 0. The summed E-state index contributed by atoms with van der Waals surface area (Å²) in [4.78, 5) is 21.0. The fourth-order valence-corrected chi connectivity index (χ4v) is 5.96. The molecule has 0 saturated heterocycles. The Labute approximate surface area is 218 Å². The lowest BCUT2D eigenvalue weighted by Gasteiger charge is -2.10. The number of hydrogen-bond donors (Lipinski definition) is 2. The first-order valence-corrected chi connectivity index (χ1v) is 13.1. The van der Waals surface area contributed by atoms with Crippen LogP contribution in [-0.4, -0.2) is 24.9 Å². The minimum atomic E-state index is 0.365. The predicted octanol–water partition coefficient (Wildman–Crippen LogP) is 8.55. The van der Waals surface area contributed by atoms with Gasteiger partial charge in [-0.1, -0.05) is 56.3 Å². The summed E-state index contributed by atoms with van der Waals surface area (Å²) in [6.07, 6.45) is 3.78. The Kier molecular flexibility index (Phi) is 4.28. The van der Waals surface area contributed by atoms with Crippen molar-refractivity contribution in [3.8, 4) is 11.1 Å². The zero-order valence-corrected chi connectivity index (χ0v) is 21.4. The number of nitrogens with zero attached hydrogens (tertiary/aromatic N) is 3. The maximum absolute atomic E-state index is 4.92. The average Bonchev–Trinajstić information content (AvgIpc) is 3.56. The summed E-state index contributed by atoms with van der Waals surface area (Å²) < 4.78 is 0. The Morgan fingerprint density at radius 2 is 1.39 bits per heavy atom. The van der Waals surface area contributed by atoms with E-state index in [2.05, 4.69) is 95.5 Å². The second-order valence-corrected chi connectivity index (χ2v) is 10.6. The Balaban J connectivity index is 1.33. The SMILES string of the molecule is Cc1nc2c3cnccc3c3cc(-c4ccc5c(ccc6c5ccc5[nH]c(C(C)C)nc56)c4)ccc3c2[nH]1. The topological polar surface area (TPSA) is 70.2 Å².